The minimum atomic E-state index is -3.27. The predicted octanol–water partition coefficient (Wildman–Crippen LogP) is 1.32. The van der Waals surface area contributed by atoms with Crippen molar-refractivity contribution in [3.8, 4) is 0 Å². The third kappa shape index (κ3) is 3.77. The quantitative estimate of drug-likeness (QED) is 0.808. The smallest absolute Gasteiger partial charge is 0.257 e. The van der Waals surface area contributed by atoms with Gasteiger partial charge in [-0.1, -0.05) is 11.8 Å². The van der Waals surface area contributed by atoms with Crippen molar-refractivity contribution < 1.29 is 13.2 Å². The van der Waals surface area contributed by atoms with Gasteiger partial charge in [0.15, 0.2) is 15.0 Å². The molecule has 0 saturated carbocycles. The minimum absolute atomic E-state index is 0.132. The van der Waals surface area contributed by atoms with Crippen LogP contribution in [0.4, 0.5) is 5.69 Å². The first-order valence-corrected chi connectivity index (χ1v) is 10.4. The molecule has 132 valence electrons. The van der Waals surface area contributed by atoms with Crippen molar-refractivity contribution in [3.05, 3.63) is 46.4 Å². The van der Waals surface area contributed by atoms with Crippen LogP contribution in [0.5, 0.6) is 0 Å². The van der Waals surface area contributed by atoms with Crippen LogP contribution in [0.25, 0.3) is 0 Å². The Bertz CT molecular complexity index is 981. The van der Waals surface area contributed by atoms with Crippen LogP contribution in [-0.4, -0.2) is 35.9 Å². The SMILES string of the molecule is Cc1cnc2n(c1=O)CC(C(=O)Nc1ccc(S(C)(=O)=O)cc1)CS2. The van der Waals surface area contributed by atoms with Crippen LogP contribution < -0.4 is 10.9 Å². The highest BCUT2D eigenvalue weighted by atomic mass is 32.2. The van der Waals surface area contributed by atoms with Crippen LogP contribution in [0.15, 0.2) is 45.3 Å². The number of benzene rings is 1. The van der Waals surface area contributed by atoms with Crippen LogP contribution in [0.1, 0.15) is 5.56 Å². The van der Waals surface area contributed by atoms with E-state index in [0.29, 0.717) is 22.2 Å². The summed E-state index contributed by atoms with van der Waals surface area (Å²) in [4.78, 5) is 29.1. The molecule has 1 aromatic carbocycles. The maximum Gasteiger partial charge on any atom is 0.257 e. The van der Waals surface area contributed by atoms with Crippen molar-refractivity contribution in [2.45, 2.75) is 23.5 Å². The lowest BCUT2D eigenvalue weighted by Crippen LogP contribution is -2.37. The summed E-state index contributed by atoms with van der Waals surface area (Å²) in [5.74, 6) is -0.0463. The van der Waals surface area contributed by atoms with Gasteiger partial charge in [-0.2, -0.15) is 0 Å². The van der Waals surface area contributed by atoms with Gasteiger partial charge in [-0.05, 0) is 31.2 Å². The molecule has 1 unspecified atom stereocenters. The van der Waals surface area contributed by atoms with E-state index in [0.717, 1.165) is 6.26 Å². The summed E-state index contributed by atoms with van der Waals surface area (Å²) in [6, 6.07) is 6.01. The predicted molar refractivity (Wildman–Crippen MR) is 95.6 cm³/mol. The van der Waals surface area contributed by atoms with Gasteiger partial charge >= 0.3 is 0 Å². The number of carbonyl (C=O) groups excluding carboxylic acids is 1. The van der Waals surface area contributed by atoms with Crippen molar-refractivity contribution in [2.24, 2.45) is 5.92 Å². The summed E-state index contributed by atoms with van der Waals surface area (Å²) < 4.78 is 24.5. The second-order valence-electron chi connectivity index (χ2n) is 5.93. The van der Waals surface area contributed by atoms with Gasteiger partial charge in [0.05, 0.1) is 10.8 Å². The number of anilines is 1. The normalized spacial score (nSPS) is 17.0. The van der Waals surface area contributed by atoms with Crippen LogP contribution in [0.3, 0.4) is 0 Å². The number of rotatable bonds is 3. The number of aromatic nitrogens is 2. The highest BCUT2D eigenvalue weighted by Gasteiger charge is 2.27. The fourth-order valence-electron chi connectivity index (χ4n) is 2.49. The molecule has 1 N–H and O–H groups in total. The van der Waals surface area contributed by atoms with Crippen LogP contribution in [0, 0.1) is 12.8 Å². The third-order valence-electron chi connectivity index (χ3n) is 3.92. The first-order valence-electron chi connectivity index (χ1n) is 7.56. The summed E-state index contributed by atoms with van der Waals surface area (Å²) in [6.45, 7) is 1.98. The minimum Gasteiger partial charge on any atom is -0.326 e. The van der Waals surface area contributed by atoms with E-state index < -0.39 is 9.84 Å². The van der Waals surface area contributed by atoms with Crippen LogP contribution in [-0.2, 0) is 21.2 Å². The number of hydrogen-bond donors (Lipinski definition) is 1. The van der Waals surface area contributed by atoms with Gasteiger partial charge in [0.1, 0.15) is 0 Å². The molecule has 2 aromatic rings. The average Bonchev–Trinajstić information content (AvgIpc) is 2.57. The van der Waals surface area contributed by atoms with E-state index >= 15 is 0 Å². The zero-order chi connectivity index (χ0) is 18.2. The summed E-state index contributed by atoms with van der Waals surface area (Å²) in [5, 5.41) is 3.39. The fraction of sp³-hybridized carbons (Fsp3) is 0.312. The molecule has 1 aliphatic heterocycles. The van der Waals surface area contributed by atoms with Gasteiger partial charge in [0.2, 0.25) is 5.91 Å². The lowest BCUT2D eigenvalue weighted by molar-refractivity contribution is -0.119. The van der Waals surface area contributed by atoms with E-state index in [4.69, 9.17) is 0 Å². The molecular weight excluding hydrogens is 362 g/mol. The number of nitrogens with one attached hydrogen (secondary N) is 1. The van der Waals surface area contributed by atoms with Crippen molar-refractivity contribution in [1.29, 1.82) is 0 Å². The van der Waals surface area contributed by atoms with Crippen LogP contribution >= 0.6 is 11.8 Å². The molecular formula is C16H17N3O4S2. The van der Waals surface area contributed by atoms with Crippen molar-refractivity contribution in [1.82, 2.24) is 9.55 Å². The van der Waals surface area contributed by atoms with Crippen molar-refractivity contribution in [2.75, 3.05) is 17.3 Å². The molecule has 0 spiro atoms. The largest absolute Gasteiger partial charge is 0.326 e. The van der Waals surface area contributed by atoms with Gasteiger partial charge in [0, 0.05) is 36.0 Å². The Balaban J connectivity index is 1.74. The lowest BCUT2D eigenvalue weighted by atomic mass is 10.1. The van der Waals surface area contributed by atoms with E-state index in [-0.39, 0.29) is 28.8 Å². The Kier molecular flexibility index (Phi) is 4.70. The van der Waals surface area contributed by atoms with E-state index in [1.807, 2.05) is 0 Å². The highest BCUT2D eigenvalue weighted by Crippen LogP contribution is 2.26. The Labute approximate surface area is 149 Å². The first kappa shape index (κ1) is 17.7. The van der Waals surface area contributed by atoms with E-state index in [1.54, 1.807) is 25.3 Å². The molecule has 0 radical (unpaired) electrons. The van der Waals surface area contributed by atoms with Gasteiger partial charge < -0.3 is 5.32 Å². The Morgan fingerprint density at radius 2 is 2.00 bits per heavy atom. The molecule has 1 amide bonds. The van der Waals surface area contributed by atoms with Gasteiger partial charge in [0.25, 0.3) is 5.56 Å². The number of nitrogens with zero attached hydrogens (tertiary/aromatic N) is 2. The molecule has 3 rings (SSSR count). The van der Waals surface area contributed by atoms with E-state index in [2.05, 4.69) is 10.3 Å². The molecule has 1 aromatic heterocycles. The molecule has 25 heavy (non-hydrogen) atoms. The molecule has 0 aliphatic carbocycles. The van der Waals surface area contributed by atoms with Gasteiger partial charge in [-0.3, -0.25) is 14.2 Å². The number of aryl methyl sites for hydroxylation is 1. The average molecular weight is 379 g/mol. The summed E-state index contributed by atoms with van der Waals surface area (Å²) in [6.07, 6.45) is 2.68. The second-order valence-corrected chi connectivity index (χ2v) is 8.94. The third-order valence-corrected chi connectivity index (χ3v) is 6.20. The standard InChI is InChI=1S/C16H17N3O4S2/c1-10-7-17-16-19(15(10)21)8-11(9-24-16)14(20)18-12-3-5-13(6-4-12)25(2,22)23/h3-7,11H,8-9H2,1-2H3,(H,18,20). The zero-order valence-corrected chi connectivity index (χ0v) is 15.4. The number of hydrogen-bond acceptors (Lipinski definition) is 6. The van der Waals surface area contributed by atoms with Gasteiger partial charge in [-0.15, -0.1) is 0 Å². The first-order chi connectivity index (χ1) is 11.8. The number of thioether (sulfide) groups is 1. The zero-order valence-electron chi connectivity index (χ0n) is 13.7. The number of carbonyl (C=O) groups is 1. The summed E-state index contributed by atoms with van der Waals surface area (Å²) in [7, 11) is -3.27. The second kappa shape index (κ2) is 6.64. The summed E-state index contributed by atoms with van der Waals surface area (Å²) in [5.41, 5.74) is 0.928. The molecule has 2 heterocycles. The Hall–Kier alpha value is -2.13. The molecule has 9 heteroatoms. The van der Waals surface area contributed by atoms with Crippen molar-refractivity contribution >= 4 is 33.2 Å². The Morgan fingerprint density at radius 1 is 1.32 bits per heavy atom. The monoisotopic (exact) mass is 379 g/mol. The molecule has 1 atom stereocenters. The topological polar surface area (TPSA) is 98.1 Å². The van der Waals surface area contributed by atoms with Gasteiger partial charge in [-0.25, -0.2) is 13.4 Å². The number of amides is 1. The van der Waals surface area contributed by atoms with Crippen LogP contribution in [0.2, 0.25) is 0 Å². The van der Waals surface area contributed by atoms with E-state index in [9.17, 15) is 18.0 Å². The molecule has 7 nitrogen and oxygen atoms in total. The Morgan fingerprint density at radius 3 is 2.64 bits per heavy atom. The molecule has 0 fully saturated rings. The molecule has 1 aliphatic rings. The fourth-order valence-corrected chi connectivity index (χ4v) is 4.17. The highest BCUT2D eigenvalue weighted by molar-refractivity contribution is 7.99. The molecule has 0 saturated heterocycles. The summed E-state index contributed by atoms with van der Waals surface area (Å²) >= 11 is 1.38. The lowest BCUT2D eigenvalue weighted by Gasteiger charge is -2.24. The number of fused-ring (bicyclic) bond motifs is 1. The maximum atomic E-state index is 12.5. The van der Waals surface area contributed by atoms with Crippen molar-refractivity contribution in [3.63, 3.8) is 0 Å². The molecule has 0 bridgehead atoms. The number of sulfone groups is 1. The van der Waals surface area contributed by atoms with E-state index in [1.165, 1.54) is 28.5 Å². The maximum absolute atomic E-state index is 12.5.